The molecule has 0 N–H and O–H groups in total. The minimum atomic E-state index is -2.29. The van der Waals surface area contributed by atoms with E-state index in [4.69, 9.17) is 4.74 Å². The van der Waals surface area contributed by atoms with Crippen LogP contribution >= 0.6 is 0 Å². The topological polar surface area (TPSA) is 9.23 Å². The summed E-state index contributed by atoms with van der Waals surface area (Å²) in [5.41, 5.74) is -0.402. The maximum absolute atomic E-state index is 13.9. The quantitative estimate of drug-likeness (QED) is 0.662. The average molecular weight is 312 g/mol. The van der Waals surface area contributed by atoms with Gasteiger partial charge in [-0.2, -0.15) is 4.39 Å². The molecule has 1 aromatic carbocycles. The Morgan fingerprint density at radius 1 is 1.18 bits per heavy atom. The molecule has 1 nitrogen and oxygen atoms in total. The summed E-state index contributed by atoms with van der Waals surface area (Å²) in [4.78, 5) is 0. The summed E-state index contributed by atoms with van der Waals surface area (Å²) in [7, 11) is 0. The second kappa shape index (κ2) is 5.99. The number of hydrogen-bond acceptors (Lipinski definition) is 1. The fourth-order valence-electron chi connectivity index (χ4n) is 2.07. The molecule has 0 radical (unpaired) electrons. The van der Waals surface area contributed by atoms with Crippen LogP contribution in [0, 0.1) is 5.41 Å². The van der Waals surface area contributed by atoms with Crippen LogP contribution in [-0.4, -0.2) is 6.17 Å². The van der Waals surface area contributed by atoms with Gasteiger partial charge >= 0.3 is 0 Å². The van der Waals surface area contributed by atoms with Gasteiger partial charge in [0.15, 0.2) is 23.6 Å². The molecule has 118 valence electrons. The van der Waals surface area contributed by atoms with Gasteiger partial charge in [-0.25, -0.2) is 13.2 Å². The van der Waals surface area contributed by atoms with Gasteiger partial charge in [0.1, 0.15) is 12.4 Å². The maximum Gasteiger partial charge on any atom is 0.199 e. The van der Waals surface area contributed by atoms with Crippen LogP contribution < -0.4 is 0 Å². The van der Waals surface area contributed by atoms with E-state index in [2.05, 4.69) is 6.58 Å². The average Bonchev–Trinajstić information content (AvgIpc) is 2.52. The molecular weight excluding hydrogens is 296 g/mol. The minimum Gasteiger partial charge on any atom is -0.483 e. The number of alkyl halides is 1. The molecule has 1 aromatic rings. The second-order valence-electron chi connectivity index (χ2n) is 5.62. The van der Waals surface area contributed by atoms with Crippen molar-refractivity contribution in [1.82, 2.24) is 0 Å². The molecule has 22 heavy (non-hydrogen) atoms. The van der Waals surface area contributed by atoms with Gasteiger partial charge in [-0.05, 0) is 11.1 Å². The molecule has 0 aliphatic heterocycles. The first-order chi connectivity index (χ1) is 10.3. The van der Waals surface area contributed by atoms with E-state index in [9.17, 15) is 17.6 Å². The Labute approximate surface area is 126 Å². The Balaban J connectivity index is 2.21. The molecule has 0 amide bonds. The van der Waals surface area contributed by atoms with Gasteiger partial charge in [-0.1, -0.05) is 50.8 Å². The van der Waals surface area contributed by atoms with Crippen LogP contribution in [0.5, 0.6) is 0 Å². The van der Waals surface area contributed by atoms with Crippen LogP contribution in [0.4, 0.5) is 17.6 Å². The van der Waals surface area contributed by atoms with Crippen molar-refractivity contribution in [3.8, 4) is 0 Å². The highest BCUT2D eigenvalue weighted by atomic mass is 19.2. The zero-order valence-electron chi connectivity index (χ0n) is 12.3. The third-order valence-electron chi connectivity index (χ3n) is 3.63. The third-order valence-corrected chi connectivity index (χ3v) is 3.63. The molecular formula is C17H16F4O. The van der Waals surface area contributed by atoms with Crippen LogP contribution in [0.1, 0.15) is 25.0 Å². The minimum absolute atomic E-state index is 0.200. The Hall–Kier alpha value is -2.04. The van der Waals surface area contributed by atoms with Crippen molar-refractivity contribution in [2.24, 2.45) is 5.41 Å². The summed E-state index contributed by atoms with van der Waals surface area (Å²) in [6, 6.07) is 6.83. The first-order valence-corrected chi connectivity index (χ1v) is 6.73. The largest absolute Gasteiger partial charge is 0.483 e. The monoisotopic (exact) mass is 312 g/mol. The fraction of sp³-hybridized carbons (Fsp3) is 0.294. The first-order valence-electron chi connectivity index (χ1n) is 6.73. The van der Waals surface area contributed by atoms with E-state index < -0.39 is 34.8 Å². The van der Waals surface area contributed by atoms with Crippen molar-refractivity contribution in [2.45, 2.75) is 26.6 Å². The summed E-state index contributed by atoms with van der Waals surface area (Å²) in [6.45, 7) is 5.59. The molecule has 1 aliphatic carbocycles. The molecule has 2 rings (SSSR count). The maximum atomic E-state index is 13.9. The van der Waals surface area contributed by atoms with Gasteiger partial charge in [0.2, 0.25) is 0 Å². The molecule has 0 heterocycles. The molecule has 0 spiro atoms. The first kappa shape index (κ1) is 16.3. The van der Waals surface area contributed by atoms with Gasteiger partial charge in [0, 0.05) is 0 Å². The van der Waals surface area contributed by atoms with Crippen LogP contribution in [-0.2, 0) is 11.3 Å². The zero-order chi connectivity index (χ0) is 16.5. The van der Waals surface area contributed by atoms with E-state index in [-0.39, 0.29) is 6.61 Å². The highest BCUT2D eigenvalue weighted by molar-refractivity contribution is 5.47. The van der Waals surface area contributed by atoms with E-state index in [1.54, 1.807) is 30.3 Å². The van der Waals surface area contributed by atoms with Gasteiger partial charge in [-0.15, -0.1) is 0 Å². The summed E-state index contributed by atoms with van der Waals surface area (Å²) in [6.07, 6.45) is -0.646. The predicted octanol–water partition coefficient (Wildman–Crippen LogP) is 5.56. The summed E-state index contributed by atoms with van der Waals surface area (Å²) in [5, 5.41) is 0. The second-order valence-corrected chi connectivity index (χ2v) is 5.62. The van der Waals surface area contributed by atoms with E-state index in [0.29, 0.717) is 5.56 Å². The predicted molar refractivity (Wildman–Crippen MR) is 77.4 cm³/mol. The molecule has 0 saturated carbocycles. The Morgan fingerprint density at radius 2 is 1.77 bits per heavy atom. The van der Waals surface area contributed by atoms with Crippen LogP contribution in [0.15, 0.2) is 54.1 Å². The van der Waals surface area contributed by atoms with Crippen LogP contribution in [0.3, 0.4) is 0 Å². The summed E-state index contributed by atoms with van der Waals surface area (Å²) in [5.74, 6) is -5.26. The summed E-state index contributed by atoms with van der Waals surface area (Å²) >= 11 is 0. The number of rotatable bonds is 4. The number of ether oxygens (including phenoxy) is 1. The number of allylic oxidation sites excluding steroid dienone is 3. The lowest BCUT2D eigenvalue weighted by Crippen LogP contribution is -2.32. The third kappa shape index (κ3) is 2.80. The molecule has 0 saturated heterocycles. The SMILES string of the molecule is C=Cc1ccc(COC2=C(F)C(F)C(C)(C)C(F)=C2F)cc1. The van der Waals surface area contributed by atoms with Gasteiger partial charge in [-0.3, -0.25) is 0 Å². The van der Waals surface area contributed by atoms with Gasteiger partial charge in [0.25, 0.3) is 0 Å². The smallest absolute Gasteiger partial charge is 0.199 e. The Morgan fingerprint density at radius 3 is 2.32 bits per heavy atom. The number of hydrogen-bond donors (Lipinski definition) is 0. The van der Waals surface area contributed by atoms with E-state index in [0.717, 1.165) is 19.4 Å². The Kier molecular flexibility index (Phi) is 4.44. The Bertz CT molecular complexity index is 641. The lowest BCUT2D eigenvalue weighted by atomic mass is 9.81. The molecule has 0 bridgehead atoms. The highest BCUT2D eigenvalue weighted by Gasteiger charge is 2.46. The van der Waals surface area contributed by atoms with Crippen molar-refractivity contribution >= 4 is 6.08 Å². The van der Waals surface area contributed by atoms with Crippen molar-refractivity contribution in [3.05, 3.63) is 65.2 Å². The fourth-order valence-corrected chi connectivity index (χ4v) is 2.07. The molecule has 1 aliphatic rings. The summed E-state index contributed by atoms with van der Waals surface area (Å²) < 4.78 is 60.5. The normalized spacial score (nSPS) is 21.1. The van der Waals surface area contributed by atoms with Gasteiger partial charge < -0.3 is 4.74 Å². The number of benzene rings is 1. The molecule has 1 unspecified atom stereocenters. The number of halogens is 4. The van der Waals surface area contributed by atoms with Gasteiger partial charge in [0.05, 0.1) is 5.41 Å². The van der Waals surface area contributed by atoms with E-state index >= 15 is 0 Å². The lowest BCUT2D eigenvalue weighted by Gasteiger charge is -2.31. The zero-order valence-corrected chi connectivity index (χ0v) is 12.3. The van der Waals surface area contributed by atoms with E-state index in [1.165, 1.54) is 0 Å². The van der Waals surface area contributed by atoms with Crippen LogP contribution in [0.2, 0.25) is 0 Å². The standard InChI is InChI=1S/C17H16F4O/c1-4-10-5-7-11(8-6-10)9-22-14-12(18)15(20)17(2,3)16(21)13(14)19/h4-8,15H,1,9H2,2-3H3. The molecule has 5 heteroatoms. The molecule has 0 aromatic heterocycles. The van der Waals surface area contributed by atoms with Crippen molar-refractivity contribution < 1.29 is 22.3 Å². The molecule has 0 fully saturated rings. The molecule has 1 atom stereocenters. The van der Waals surface area contributed by atoms with Crippen molar-refractivity contribution in [2.75, 3.05) is 0 Å². The lowest BCUT2D eigenvalue weighted by molar-refractivity contribution is 0.106. The highest BCUT2D eigenvalue weighted by Crippen LogP contribution is 2.46. The van der Waals surface area contributed by atoms with Crippen LogP contribution in [0.25, 0.3) is 6.08 Å². The van der Waals surface area contributed by atoms with E-state index in [1.807, 2.05) is 0 Å². The van der Waals surface area contributed by atoms with Crippen molar-refractivity contribution in [3.63, 3.8) is 0 Å². The van der Waals surface area contributed by atoms with Crippen molar-refractivity contribution in [1.29, 1.82) is 0 Å².